The number of aliphatic hydroxyl groups excluding tert-OH is 1. The highest BCUT2D eigenvalue weighted by atomic mass is 31.2. The largest absolute Gasteiger partial charge is 0.472 e. The second-order valence-electron chi connectivity index (χ2n) is 32.5. The quantitative estimate of drug-likeness (QED) is 0.0222. The Hall–Kier alpha value is -1.94. The van der Waals surface area contributed by atoms with Crippen molar-refractivity contribution in [2.75, 3.05) is 39.6 Å². The molecule has 5 atom stereocenters. The van der Waals surface area contributed by atoms with E-state index in [0.29, 0.717) is 25.7 Å². The van der Waals surface area contributed by atoms with Crippen molar-refractivity contribution in [3.05, 3.63) is 0 Å². The number of aliphatic hydroxyl groups is 1. The molecule has 0 radical (unpaired) electrons. The first-order chi connectivity index (χ1) is 52.5. The zero-order valence-electron chi connectivity index (χ0n) is 71.0. The molecule has 0 aliphatic carbocycles. The second kappa shape index (κ2) is 81.6. The fourth-order valence-electron chi connectivity index (χ4n) is 14.0. The van der Waals surface area contributed by atoms with Gasteiger partial charge in [0, 0.05) is 25.7 Å². The van der Waals surface area contributed by atoms with E-state index in [2.05, 4.69) is 34.6 Å². The van der Waals surface area contributed by atoms with Crippen LogP contribution in [0.25, 0.3) is 0 Å². The molecule has 642 valence electrons. The molecular formula is C89H174O17P2. The fourth-order valence-corrected chi connectivity index (χ4v) is 15.6. The molecule has 0 aromatic carbocycles. The molecular weight excluding hydrogens is 1400 g/mol. The van der Waals surface area contributed by atoms with Crippen molar-refractivity contribution in [1.82, 2.24) is 0 Å². The van der Waals surface area contributed by atoms with E-state index >= 15 is 0 Å². The molecule has 0 aliphatic rings. The molecule has 0 aromatic heterocycles. The summed E-state index contributed by atoms with van der Waals surface area (Å²) in [6, 6.07) is 0. The summed E-state index contributed by atoms with van der Waals surface area (Å²) in [4.78, 5) is 73.4. The lowest BCUT2D eigenvalue weighted by Gasteiger charge is -2.21. The molecule has 0 rings (SSSR count). The van der Waals surface area contributed by atoms with Gasteiger partial charge in [-0.05, 0) is 31.6 Å². The maximum absolute atomic E-state index is 13.2. The molecule has 19 heteroatoms. The van der Waals surface area contributed by atoms with Crippen LogP contribution in [0.1, 0.15) is 484 Å². The van der Waals surface area contributed by atoms with Gasteiger partial charge < -0.3 is 33.8 Å². The van der Waals surface area contributed by atoms with Crippen molar-refractivity contribution in [2.45, 2.75) is 502 Å². The van der Waals surface area contributed by atoms with Gasteiger partial charge >= 0.3 is 39.5 Å². The third-order valence-electron chi connectivity index (χ3n) is 21.0. The monoisotopic (exact) mass is 1580 g/mol. The number of carbonyl (C=O) groups excluding carboxylic acids is 4. The number of hydrogen-bond acceptors (Lipinski definition) is 15. The number of hydrogen-bond donors (Lipinski definition) is 3. The number of phosphoric ester groups is 2. The lowest BCUT2D eigenvalue weighted by Crippen LogP contribution is -2.30. The SMILES string of the molecule is CCCCCCCCCCCCCCCCCCCCCC(=O)OC[C@H](COP(=O)(O)OC[C@@H](O)COP(=O)(O)OC[C@@H](COC(=O)CCCCCCCCCCCCCC)OC(=O)CCCCCCCCCCCCCCCCCC(C)C)OC(=O)CCCCCCCCCCCCCCCCCCCCC. The zero-order valence-corrected chi connectivity index (χ0v) is 72.8. The summed E-state index contributed by atoms with van der Waals surface area (Å²) in [7, 11) is -9.93. The van der Waals surface area contributed by atoms with E-state index in [0.717, 1.165) is 95.8 Å². The van der Waals surface area contributed by atoms with Gasteiger partial charge in [0.05, 0.1) is 26.4 Å². The van der Waals surface area contributed by atoms with E-state index in [4.69, 9.17) is 37.0 Å². The molecule has 0 bridgehead atoms. The lowest BCUT2D eigenvalue weighted by molar-refractivity contribution is -0.161. The van der Waals surface area contributed by atoms with Crippen LogP contribution in [0.4, 0.5) is 0 Å². The van der Waals surface area contributed by atoms with E-state index in [1.54, 1.807) is 0 Å². The number of phosphoric acid groups is 2. The van der Waals surface area contributed by atoms with Gasteiger partial charge in [0.1, 0.15) is 19.3 Å². The van der Waals surface area contributed by atoms with Crippen LogP contribution in [0.2, 0.25) is 0 Å². The molecule has 0 saturated heterocycles. The van der Waals surface area contributed by atoms with Crippen LogP contribution in [0.5, 0.6) is 0 Å². The third-order valence-corrected chi connectivity index (χ3v) is 22.9. The van der Waals surface area contributed by atoms with E-state index < -0.39 is 97.5 Å². The molecule has 0 amide bonds. The van der Waals surface area contributed by atoms with Crippen LogP contribution in [-0.4, -0.2) is 96.7 Å². The first-order valence-electron chi connectivity index (χ1n) is 46.1. The van der Waals surface area contributed by atoms with Crippen molar-refractivity contribution in [2.24, 2.45) is 5.92 Å². The van der Waals surface area contributed by atoms with Gasteiger partial charge in [0.25, 0.3) is 0 Å². The summed E-state index contributed by atoms with van der Waals surface area (Å²) >= 11 is 0. The minimum atomic E-state index is -4.97. The predicted octanol–water partition coefficient (Wildman–Crippen LogP) is 27.5. The summed E-state index contributed by atoms with van der Waals surface area (Å²) in [5, 5.41) is 10.7. The van der Waals surface area contributed by atoms with Crippen LogP contribution in [0.3, 0.4) is 0 Å². The van der Waals surface area contributed by atoms with Crippen LogP contribution in [0.15, 0.2) is 0 Å². The standard InChI is InChI=1S/C89H174O17P2/c1-6-9-12-15-18-21-24-27-29-31-33-35-39-43-48-53-58-63-68-73-87(92)100-79-85(106-88(93)74-69-64-59-54-49-44-40-36-34-32-30-28-25-22-19-16-13-10-7-2)81-104-108(97,98)102-77-83(90)76-101-107(95,96)103-80-84(78-99-86(91)72-67-62-57-52-47-26-23-20-17-14-11-8-3)105-89(94)75-70-65-60-55-50-45-41-37-38-42-46-51-56-61-66-71-82(4)5/h82-85,90H,6-81H2,1-5H3,(H,95,96)(H,97,98)/t83-,84+,85+/m0/s1. The van der Waals surface area contributed by atoms with Crippen molar-refractivity contribution in [3.63, 3.8) is 0 Å². The topological polar surface area (TPSA) is 237 Å². The molecule has 0 heterocycles. The van der Waals surface area contributed by atoms with E-state index in [9.17, 15) is 43.2 Å². The smallest absolute Gasteiger partial charge is 0.462 e. The molecule has 108 heavy (non-hydrogen) atoms. The molecule has 0 saturated carbocycles. The Morgan fingerprint density at radius 2 is 0.426 bits per heavy atom. The number of carbonyl (C=O) groups is 4. The number of ether oxygens (including phenoxy) is 4. The first-order valence-corrected chi connectivity index (χ1v) is 49.1. The second-order valence-corrected chi connectivity index (χ2v) is 35.4. The highest BCUT2D eigenvalue weighted by molar-refractivity contribution is 7.47. The third kappa shape index (κ3) is 82.1. The normalized spacial score (nSPS) is 13.7. The Morgan fingerprint density at radius 1 is 0.250 bits per heavy atom. The highest BCUT2D eigenvalue weighted by Crippen LogP contribution is 2.45. The Morgan fingerprint density at radius 3 is 0.630 bits per heavy atom. The Balaban J connectivity index is 5.25. The Bertz CT molecular complexity index is 2050. The van der Waals surface area contributed by atoms with Crippen molar-refractivity contribution in [1.29, 1.82) is 0 Å². The summed E-state index contributed by atoms with van der Waals surface area (Å²) < 4.78 is 69.0. The maximum atomic E-state index is 13.2. The molecule has 17 nitrogen and oxygen atoms in total. The fraction of sp³-hybridized carbons (Fsp3) is 0.955. The van der Waals surface area contributed by atoms with Gasteiger partial charge in [0.15, 0.2) is 12.2 Å². The predicted molar refractivity (Wildman–Crippen MR) is 446 cm³/mol. The van der Waals surface area contributed by atoms with Gasteiger partial charge in [-0.25, -0.2) is 9.13 Å². The molecule has 2 unspecified atom stereocenters. The minimum Gasteiger partial charge on any atom is -0.462 e. The van der Waals surface area contributed by atoms with Crippen LogP contribution >= 0.6 is 15.6 Å². The van der Waals surface area contributed by atoms with E-state index in [1.165, 1.54) is 308 Å². The van der Waals surface area contributed by atoms with Crippen molar-refractivity contribution >= 4 is 39.5 Å². The van der Waals surface area contributed by atoms with E-state index in [1.807, 2.05) is 0 Å². The van der Waals surface area contributed by atoms with Gasteiger partial charge in [-0.15, -0.1) is 0 Å². The van der Waals surface area contributed by atoms with Gasteiger partial charge in [0.2, 0.25) is 0 Å². The van der Waals surface area contributed by atoms with Crippen molar-refractivity contribution in [3.8, 4) is 0 Å². The van der Waals surface area contributed by atoms with Gasteiger partial charge in [-0.1, -0.05) is 433 Å². The summed E-state index contributed by atoms with van der Waals surface area (Å²) in [6.07, 6.45) is 76.3. The molecule has 0 fully saturated rings. The number of esters is 4. The van der Waals surface area contributed by atoms with Crippen LogP contribution in [0, 0.1) is 5.92 Å². The molecule has 3 N–H and O–H groups in total. The molecule has 0 aromatic rings. The first kappa shape index (κ1) is 106. The zero-order chi connectivity index (χ0) is 79.0. The maximum Gasteiger partial charge on any atom is 0.472 e. The summed E-state index contributed by atoms with van der Waals surface area (Å²) in [5.41, 5.74) is 0. The minimum absolute atomic E-state index is 0.109. The molecule has 0 spiro atoms. The Labute approximate surface area is 664 Å². The van der Waals surface area contributed by atoms with Crippen LogP contribution in [-0.2, 0) is 65.4 Å². The average Bonchev–Trinajstić information content (AvgIpc) is 0.901. The average molecular weight is 1580 g/mol. The highest BCUT2D eigenvalue weighted by Gasteiger charge is 2.30. The Kier molecular flexibility index (Phi) is 80.2. The molecule has 0 aliphatic heterocycles. The van der Waals surface area contributed by atoms with Crippen molar-refractivity contribution < 1.29 is 80.2 Å². The lowest BCUT2D eigenvalue weighted by atomic mass is 10.0. The van der Waals surface area contributed by atoms with Gasteiger partial charge in [-0.3, -0.25) is 37.3 Å². The number of unbranched alkanes of at least 4 members (excludes halogenated alkanes) is 61. The van der Waals surface area contributed by atoms with Crippen LogP contribution < -0.4 is 0 Å². The van der Waals surface area contributed by atoms with E-state index in [-0.39, 0.29) is 25.7 Å². The summed E-state index contributed by atoms with van der Waals surface area (Å²) in [6.45, 7) is 7.42. The number of rotatable bonds is 89. The van der Waals surface area contributed by atoms with Gasteiger partial charge in [-0.2, -0.15) is 0 Å². The summed E-state index contributed by atoms with van der Waals surface area (Å²) in [5.74, 6) is -1.29.